The van der Waals surface area contributed by atoms with Crippen LogP contribution in [0.25, 0.3) is 0 Å². The number of carbonyl (C=O) groups excluding carboxylic acids is 1. The van der Waals surface area contributed by atoms with E-state index in [9.17, 15) is 9.59 Å². The molecule has 0 aromatic heterocycles. The molecule has 0 aromatic rings. The Labute approximate surface area is 144 Å². The number of hydrogen-bond acceptors (Lipinski definition) is 5. The van der Waals surface area contributed by atoms with Crippen LogP contribution in [0, 0.1) is 0 Å². The number of aliphatic carboxylic acids is 1. The van der Waals surface area contributed by atoms with Crippen LogP contribution >= 0.6 is 0 Å². The lowest BCUT2D eigenvalue weighted by molar-refractivity contribution is -0.138. The van der Waals surface area contributed by atoms with Gasteiger partial charge in [0.1, 0.15) is 18.2 Å². The average Bonchev–Trinajstić information content (AvgIpc) is 3.03. The third-order valence-electron chi connectivity index (χ3n) is 3.23. The second-order valence-corrected chi connectivity index (χ2v) is 5.22. The summed E-state index contributed by atoms with van der Waals surface area (Å²) in [5.74, 6) is -0.187. The maximum absolute atomic E-state index is 10.4. The van der Waals surface area contributed by atoms with E-state index in [-0.39, 0.29) is 0 Å². The van der Waals surface area contributed by atoms with E-state index in [1.807, 2.05) is 13.0 Å². The van der Waals surface area contributed by atoms with Gasteiger partial charge >= 0.3 is 5.97 Å². The fourth-order valence-corrected chi connectivity index (χ4v) is 2.14. The van der Waals surface area contributed by atoms with E-state index in [0.717, 1.165) is 25.5 Å². The Morgan fingerprint density at radius 3 is 2.75 bits per heavy atom. The second-order valence-electron chi connectivity index (χ2n) is 5.22. The van der Waals surface area contributed by atoms with Gasteiger partial charge in [-0.1, -0.05) is 30.7 Å². The molecule has 1 atom stereocenters. The number of carboxylic acid groups (broad SMARTS) is 1. The summed E-state index contributed by atoms with van der Waals surface area (Å²) in [4.78, 5) is 24.4. The molecule has 0 fully saturated rings. The third kappa shape index (κ3) is 10.4. The van der Waals surface area contributed by atoms with Crippen LogP contribution in [0.5, 0.6) is 0 Å². The van der Waals surface area contributed by atoms with Gasteiger partial charge in [0, 0.05) is 25.2 Å². The van der Waals surface area contributed by atoms with E-state index in [1.165, 1.54) is 18.0 Å². The molecule has 4 N–H and O–H groups in total. The first kappa shape index (κ1) is 21.6. The van der Waals surface area contributed by atoms with Gasteiger partial charge in [0.25, 0.3) is 0 Å². The lowest BCUT2D eigenvalue weighted by Gasteiger charge is -1.98. The fraction of sp³-hybridized carbons (Fsp3) is 0.500. The van der Waals surface area contributed by atoms with E-state index in [0.29, 0.717) is 25.1 Å². The van der Waals surface area contributed by atoms with Crippen LogP contribution in [-0.2, 0) is 9.59 Å². The summed E-state index contributed by atoms with van der Waals surface area (Å²) in [6.07, 6.45) is 15.2. The van der Waals surface area contributed by atoms with Gasteiger partial charge < -0.3 is 21.0 Å². The van der Waals surface area contributed by atoms with Crippen molar-refractivity contribution in [3.05, 3.63) is 36.2 Å². The van der Waals surface area contributed by atoms with Crippen LogP contribution in [0.2, 0.25) is 0 Å². The van der Waals surface area contributed by atoms with Crippen molar-refractivity contribution in [2.24, 2.45) is 10.7 Å². The molecule has 0 amide bonds. The number of amidine groups is 1. The quantitative estimate of drug-likeness (QED) is 0.359. The number of rotatable bonds is 8. The SMILES string of the molecule is C/C=C\C(=C/CC)CCCC=O.N/C=C/NC1=NC(C(=O)O)CC1. The Bertz CT molecular complexity index is 494. The van der Waals surface area contributed by atoms with Gasteiger partial charge in [-0.3, -0.25) is 4.99 Å². The standard InChI is InChI=1S/C11H18O.C7H11N3O2/c1-3-7-11(8-4-2)9-5-6-10-12;8-3-4-9-6-2-1-5(10-6)7(11)12/h3,7-8,10H,4-6,9H2,1-2H3;3-5H,1-2,8H2,(H,9,10)(H,11,12)/b7-3-,11-8+;4-3+. The molecule has 0 aliphatic carbocycles. The Hall–Kier alpha value is -2.37. The van der Waals surface area contributed by atoms with Gasteiger partial charge in [-0.15, -0.1) is 0 Å². The number of nitrogens with two attached hydrogens (primary N) is 1. The predicted octanol–water partition coefficient (Wildman–Crippen LogP) is 2.92. The topological polar surface area (TPSA) is 105 Å². The molecule has 0 radical (unpaired) electrons. The highest BCUT2D eigenvalue weighted by molar-refractivity contribution is 5.89. The maximum atomic E-state index is 10.4. The summed E-state index contributed by atoms with van der Waals surface area (Å²) in [6.45, 7) is 4.15. The minimum absolute atomic E-state index is 0.566. The van der Waals surface area contributed by atoms with E-state index in [2.05, 4.69) is 29.4 Å². The summed E-state index contributed by atoms with van der Waals surface area (Å²) in [5, 5.41) is 11.4. The number of carboxylic acids is 1. The van der Waals surface area contributed by atoms with Crippen molar-refractivity contribution in [2.75, 3.05) is 0 Å². The highest BCUT2D eigenvalue weighted by Crippen LogP contribution is 2.11. The number of hydrogen-bond donors (Lipinski definition) is 3. The Balaban J connectivity index is 0.000000441. The number of allylic oxidation sites excluding steroid dienone is 4. The predicted molar refractivity (Wildman–Crippen MR) is 97.7 cm³/mol. The molecule has 0 bridgehead atoms. The minimum atomic E-state index is -0.872. The molecule has 0 saturated carbocycles. The molecular formula is C18H29N3O3. The first-order valence-electron chi connectivity index (χ1n) is 8.27. The molecule has 134 valence electrons. The molecule has 0 aromatic carbocycles. The first-order valence-corrected chi connectivity index (χ1v) is 8.27. The molecule has 0 saturated heterocycles. The summed E-state index contributed by atoms with van der Waals surface area (Å²) < 4.78 is 0. The largest absolute Gasteiger partial charge is 0.480 e. The number of carbonyl (C=O) groups is 2. The zero-order valence-electron chi connectivity index (χ0n) is 14.6. The van der Waals surface area contributed by atoms with Crippen LogP contribution in [0.3, 0.4) is 0 Å². The van der Waals surface area contributed by atoms with Crippen LogP contribution in [0.15, 0.2) is 41.2 Å². The van der Waals surface area contributed by atoms with Crippen molar-refractivity contribution >= 4 is 18.1 Å². The zero-order valence-corrected chi connectivity index (χ0v) is 14.6. The Morgan fingerprint density at radius 1 is 1.50 bits per heavy atom. The van der Waals surface area contributed by atoms with E-state index < -0.39 is 12.0 Å². The number of unbranched alkanes of at least 4 members (excludes halogenated alkanes) is 1. The Kier molecular flexibility index (Phi) is 12.8. The van der Waals surface area contributed by atoms with Gasteiger partial charge in [0.2, 0.25) is 0 Å². The zero-order chi connectivity index (χ0) is 18.2. The maximum Gasteiger partial charge on any atom is 0.328 e. The van der Waals surface area contributed by atoms with E-state index in [1.54, 1.807) is 0 Å². The number of nitrogens with zero attached hydrogens (tertiary/aromatic N) is 1. The van der Waals surface area contributed by atoms with Crippen LogP contribution < -0.4 is 11.1 Å². The van der Waals surface area contributed by atoms with Crippen molar-refractivity contribution in [3.8, 4) is 0 Å². The summed E-state index contributed by atoms with van der Waals surface area (Å²) in [7, 11) is 0. The van der Waals surface area contributed by atoms with E-state index in [4.69, 9.17) is 10.8 Å². The average molecular weight is 335 g/mol. The molecule has 1 aliphatic heterocycles. The molecule has 24 heavy (non-hydrogen) atoms. The highest BCUT2D eigenvalue weighted by Gasteiger charge is 2.22. The van der Waals surface area contributed by atoms with Crippen molar-refractivity contribution in [1.29, 1.82) is 0 Å². The second kappa shape index (κ2) is 14.2. The summed E-state index contributed by atoms with van der Waals surface area (Å²) >= 11 is 0. The normalized spacial score (nSPS) is 17.5. The van der Waals surface area contributed by atoms with Crippen LogP contribution in [0.4, 0.5) is 0 Å². The van der Waals surface area contributed by atoms with Gasteiger partial charge in [-0.2, -0.15) is 0 Å². The number of aliphatic imine (C=N–C) groups is 1. The molecule has 1 heterocycles. The smallest absolute Gasteiger partial charge is 0.328 e. The molecular weight excluding hydrogens is 306 g/mol. The van der Waals surface area contributed by atoms with Gasteiger partial charge in [-0.25, -0.2) is 4.79 Å². The summed E-state index contributed by atoms with van der Waals surface area (Å²) in [5.41, 5.74) is 6.44. The van der Waals surface area contributed by atoms with Crippen molar-refractivity contribution < 1.29 is 14.7 Å². The van der Waals surface area contributed by atoms with Crippen molar-refractivity contribution in [3.63, 3.8) is 0 Å². The van der Waals surface area contributed by atoms with Gasteiger partial charge in [0.05, 0.1) is 0 Å². The van der Waals surface area contributed by atoms with Gasteiger partial charge in [-0.05, 0) is 32.6 Å². The monoisotopic (exact) mass is 335 g/mol. The van der Waals surface area contributed by atoms with Crippen molar-refractivity contribution in [1.82, 2.24) is 5.32 Å². The molecule has 0 spiro atoms. The fourth-order valence-electron chi connectivity index (χ4n) is 2.14. The molecule has 6 nitrogen and oxygen atoms in total. The summed E-state index contributed by atoms with van der Waals surface area (Å²) in [6, 6.07) is -0.585. The number of nitrogens with one attached hydrogen (secondary N) is 1. The lowest BCUT2D eigenvalue weighted by atomic mass is 10.1. The third-order valence-corrected chi connectivity index (χ3v) is 3.23. The highest BCUT2D eigenvalue weighted by atomic mass is 16.4. The Morgan fingerprint density at radius 2 is 2.25 bits per heavy atom. The lowest BCUT2D eigenvalue weighted by Crippen LogP contribution is -2.16. The van der Waals surface area contributed by atoms with Crippen LogP contribution in [-0.4, -0.2) is 29.2 Å². The molecule has 1 rings (SSSR count). The molecule has 6 heteroatoms. The molecule has 1 aliphatic rings. The van der Waals surface area contributed by atoms with Gasteiger partial charge in [0.15, 0.2) is 0 Å². The van der Waals surface area contributed by atoms with E-state index >= 15 is 0 Å². The van der Waals surface area contributed by atoms with Crippen LogP contribution in [0.1, 0.15) is 52.4 Å². The minimum Gasteiger partial charge on any atom is -0.480 e. The number of aldehydes is 1. The van der Waals surface area contributed by atoms with Crippen molar-refractivity contribution in [2.45, 2.75) is 58.4 Å². The molecule has 1 unspecified atom stereocenters. The first-order chi connectivity index (χ1) is 11.6.